The van der Waals surface area contributed by atoms with Crippen molar-refractivity contribution >= 4 is 16.5 Å². The van der Waals surface area contributed by atoms with Crippen molar-refractivity contribution in [3.8, 4) is 0 Å². The number of thiazole rings is 1. The van der Waals surface area contributed by atoms with Crippen molar-refractivity contribution in [2.75, 3.05) is 19.0 Å². The van der Waals surface area contributed by atoms with E-state index >= 15 is 0 Å². The minimum atomic E-state index is 0.494. The fourth-order valence-corrected chi connectivity index (χ4v) is 3.33. The van der Waals surface area contributed by atoms with Gasteiger partial charge in [0.25, 0.3) is 0 Å². The van der Waals surface area contributed by atoms with Gasteiger partial charge in [0, 0.05) is 24.5 Å². The minimum absolute atomic E-state index is 0.494. The molecular weight excluding hydrogens is 242 g/mol. The molecule has 0 amide bonds. The van der Waals surface area contributed by atoms with Crippen molar-refractivity contribution in [2.24, 2.45) is 0 Å². The third-order valence-electron chi connectivity index (χ3n) is 3.27. The van der Waals surface area contributed by atoms with Crippen LogP contribution in [0.3, 0.4) is 0 Å². The van der Waals surface area contributed by atoms with Gasteiger partial charge in [-0.3, -0.25) is 0 Å². The van der Waals surface area contributed by atoms with Crippen LogP contribution >= 0.6 is 11.3 Å². The predicted molar refractivity (Wildman–Crippen MR) is 81.7 cm³/mol. The Bertz CT molecular complexity index is 360. The number of nitrogens with zero attached hydrogens (tertiary/aromatic N) is 2. The van der Waals surface area contributed by atoms with Crippen LogP contribution < -0.4 is 10.2 Å². The Morgan fingerprint density at radius 1 is 1.33 bits per heavy atom. The van der Waals surface area contributed by atoms with Crippen molar-refractivity contribution in [3.05, 3.63) is 10.6 Å². The molecule has 1 aromatic heterocycles. The second kappa shape index (κ2) is 7.10. The highest BCUT2D eigenvalue weighted by molar-refractivity contribution is 7.15. The molecule has 4 heteroatoms. The summed E-state index contributed by atoms with van der Waals surface area (Å²) in [4.78, 5) is 8.53. The summed E-state index contributed by atoms with van der Waals surface area (Å²) >= 11 is 1.83. The van der Waals surface area contributed by atoms with Gasteiger partial charge < -0.3 is 10.2 Å². The zero-order chi connectivity index (χ0) is 13.7. The second-order valence-corrected chi connectivity index (χ2v) is 6.30. The monoisotopic (exact) mass is 269 g/mol. The van der Waals surface area contributed by atoms with Crippen molar-refractivity contribution in [3.63, 3.8) is 0 Å². The molecule has 0 radical (unpaired) electrons. The molecule has 0 bridgehead atoms. The number of nitrogens with one attached hydrogen (secondary N) is 1. The van der Waals surface area contributed by atoms with Crippen LogP contribution in [0, 0.1) is 0 Å². The summed E-state index contributed by atoms with van der Waals surface area (Å²) in [5.74, 6) is 0.494. The molecule has 0 fully saturated rings. The van der Waals surface area contributed by atoms with Crippen LogP contribution in [0.15, 0.2) is 0 Å². The Morgan fingerprint density at radius 3 is 2.50 bits per heavy atom. The van der Waals surface area contributed by atoms with Gasteiger partial charge in [0.1, 0.15) is 0 Å². The lowest BCUT2D eigenvalue weighted by molar-refractivity contribution is 0.614. The summed E-state index contributed by atoms with van der Waals surface area (Å²) < 4.78 is 0. The SMILES string of the molecule is CCCC(C)N(C)c1nc(C(C)C)c(CNC)s1. The van der Waals surface area contributed by atoms with E-state index < -0.39 is 0 Å². The van der Waals surface area contributed by atoms with Gasteiger partial charge in [0.05, 0.1) is 5.69 Å². The molecule has 1 N–H and O–H groups in total. The highest BCUT2D eigenvalue weighted by Crippen LogP contribution is 2.31. The molecule has 1 rings (SSSR count). The van der Waals surface area contributed by atoms with Crippen LogP contribution in [0.2, 0.25) is 0 Å². The van der Waals surface area contributed by atoms with Gasteiger partial charge in [-0.1, -0.05) is 27.2 Å². The smallest absolute Gasteiger partial charge is 0.185 e. The largest absolute Gasteiger partial charge is 0.348 e. The molecule has 1 heterocycles. The maximum Gasteiger partial charge on any atom is 0.185 e. The average Bonchev–Trinajstić information content (AvgIpc) is 2.73. The van der Waals surface area contributed by atoms with Crippen LogP contribution in [0.5, 0.6) is 0 Å². The number of hydrogen-bond acceptors (Lipinski definition) is 4. The van der Waals surface area contributed by atoms with Gasteiger partial charge >= 0.3 is 0 Å². The highest BCUT2D eigenvalue weighted by atomic mass is 32.1. The molecule has 1 aromatic rings. The third-order valence-corrected chi connectivity index (χ3v) is 4.43. The Morgan fingerprint density at radius 2 is 2.00 bits per heavy atom. The first-order valence-electron chi connectivity index (χ1n) is 6.88. The van der Waals surface area contributed by atoms with Gasteiger partial charge in [-0.05, 0) is 26.3 Å². The molecule has 0 saturated heterocycles. The number of rotatable bonds is 7. The lowest BCUT2D eigenvalue weighted by Gasteiger charge is -2.23. The highest BCUT2D eigenvalue weighted by Gasteiger charge is 2.18. The van der Waals surface area contributed by atoms with Crippen molar-refractivity contribution < 1.29 is 0 Å². The summed E-state index contributed by atoms with van der Waals surface area (Å²) in [5, 5.41) is 4.40. The molecule has 104 valence electrons. The van der Waals surface area contributed by atoms with E-state index in [0.717, 1.165) is 11.7 Å². The van der Waals surface area contributed by atoms with Crippen LogP contribution in [-0.4, -0.2) is 25.1 Å². The van der Waals surface area contributed by atoms with Crippen LogP contribution in [-0.2, 0) is 6.54 Å². The van der Waals surface area contributed by atoms with Crippen LogP contribution in [0.1, 0.15) is 57.0 Å². The van der Waals surface area contributed by atoms with Crippen molar-refractivity contribution in [1.29, 1.82) is 0 Å². The summed E-state index contributed by atoms with van der Waals surface area (Å²) in [6, 6.07) is 0.559. The van der Waals surface area contributed by atoms with E-state index in [4.69, 9.17) is 4.98 Å². The van der Waals surface area contributed by atoms with Gasteiger partial charge in [0.15, 0.2) is 5.13 Å². The molecule has 1 atom stereocenters. The Hall–Kier alpha value is -0.610. The molecular formula is C14H27N3S. The molecule has 3 nitrogen and oxygen atoms in total. The predicted octanol–water partition coefficient (Wildman–Crippen LogP) is 3.61. The summed E-state index contributed by atoms with van der Waals surface area (Å²) in [6.45, 7) is 9.86. The maximum absolute atomic E-state index is 4.84. The van der Waals surface area contributed by atoms with Gasteiger partial charge in [-0.2, -0.15) is 0 Å². The van der Waals surface area contributed by atoms with E-state index in [9.17, 15) is 0 Å². The Labute approximate surface area is 116 Å². The normalized spacial score (nSPS) is 13.1. The lowest BCUT2D eigenvalue weighted by Crippen LogP contribution is -2.28. The molecule has 0 aliphatic carbocycles. The zero-order valence-corrected chi connectivity index (χ0v) is 13.4. The fraction of sp³-hybridized carbons (Fsp3) is 0.786. The maximum atomic E-state index is 4.84. The number of aromatic nitrogens is 1. The number of hydrogen-bond donors (Lipinski definition) is 1. The fourth-order valence-electron chi connectivity index (χ4n) is 2.04. The third kappa shape index (κ3) is 3.69. The Kier molecular flexibility index (Phi) is 6.09. The molecule has 0 aliphatic rings. The minimum Gasteiger partial charge on any atom is -0.348 e. The average molecular weight is 269 g/mol. The molecule has 0 spiro atoms. The molecule has 0 aliphatic heterocycles. The van der Waals surface area contributed by atoms with E-state index in [2.05, 4.69) is 45.0 Å². The van der Waals surface area contributed by atoms with Gasteiger partial charge in [0.2, 0.25) is 0 Å². The first kappa shape index (κ1) is 15.4. The standard InChI is InChI=1S/C14H27N3S/c1-7-8-11(4)17(6)14-16-13(10(2)3)12(18-14)9-15-5/h10-11,15H,7-9H2,1-6H3. The number of anilines is 1. The van der Waals surface area contributed by atoms with E-state index in [1.807, 2.05) is 18.4 Å². The summed E-state index contributed by atoms with van der Waals surface area (Å²) in [7, 11) is 4.15. The van der Waals surface area contributed by atoms with E-state index in [0.29, 0.717) is 12.0 Å². The lowest BCUT2D eigenvalue weighted by atomic mass is 10.1. The first-order valence-corrected chi connectivity index (χ1v) is 7.69. The van der Waals surface area contributed by atoms with Crippen molar-refractivity contribution in [2.45, 2.75) is 59.0 Å². The summed E-state index contributed by atoms with van der Waals surface area (Å²) in [6.07, 6.45) is 2.44. The first-order chi connectivity index (χ1) is 8.51. The van der Waals surface area contributed by atoms with Gasteiger partial charge in [-0.25, -0.2) is 4.98 Å². The van der Waals surface area contributed by atoms with E-state index in [1.165, 1.54) is 23.4 Å². The zero-order valence-electron chi connectivity index (χ0n) is 12.6. The van der Waals surface area contributed by atoms with E-state index in [1.54, 1.807) is 0 Å². The summed E-state index contributed by atoms with van der Waals surface area (Å²) in [5.41, 5.74) is 1.25. The molecule has 18 heavy (non-hydrogen) atoms. The quantitative estimate of drug-likeness (QED) is 0.819. The van der Waals surface area contributed by atoms with Crippen LogP contribution in [0.4, 0.5) is 5.13 Å². The topological polar surface area (TPSA) is 28.2 Å². The molecule has 0 aromatic carbocycles. The Balaban J connectivity index is 2.92. The van der Waals surface area contributed by atoms with Gasteiger partial charge in [-0.15, -0.1) is 11.3 Å². The second-order valence-electron chi connectivity index (χ2n) is 5.24. The van der Waals surface area contributed by atoms with Crippen LogP contribution in [0.25, 0.3) is 0 Å². The van der Waals surface area contributed by atoms with E-state index in [-0.39, 0.29) is 0 Å². The van der Waals surface area contributed by atoms with Crippen molar-refractivity contribution in [1.82, 2.24) is 10.3 Å². The molecule has 1 unspecified atom stereocenters. The molecule has 0 saturated carbocycles.